The highest BCUT2D eigenvalue weighted by Crippen LogP contribution is 2.31. The van der Waals surface area contributed by atoms with Gasteiger partial charge < -0.3 is 19.3 Å². The van der Waals surface area contributed by atoms with E-state index < -0.39 is 11.9 Å². The van der Waals surface area contributed by atoms with Gasteiger partial charge in [0.1, 0.15) is 0 Å². The van der Waals surface area contributed by atoms with Crippen LogP contribution in [0.15, 0.2) is 30.4 Å². The minimum Gasteiger partial charge on any atom is -0.493 e. The van der Waals surface area contributed by atoms with Crippen LogP contribution in [-0.4, -0.2) is 44.3 Å². The minimum atomic E-state index is -0.785. The number of rotatable bonds is 15. The fraction of sp³-hybridized carbons (Fsp3) is 0.600. The number of carbonyl (C=O) groups excluding carboxylic acids is 1. The van der Waals surface area contributed by atoms with Gasteiger partial charge in [0.05, 0.1) is 19.6 Å². The number of carboxylic acids is 1. The molecule has 31 heavy (non-hydrogen) atoms. The van der Waals surface area contributed by atoms with Crippen LogP contribution in [0.5, 0.6) is 11.5 Å². The van der Waals surface area contributed by atoms with Gasteiger partial charge >= 0.3 is 5.97 Å². The second-order valence-electron chi connectivity index (χ2n) is 8.41. The van der Waals surface area contributed by atoms with Crippen molar-refractivity contribution in [1.29, 1.82) is 0 Å². The van der Waals surface area contributed by atoms with Crippen LogP contribution in [0.25, 0.3) is 0 Å². The molecule has 6 nitrogen and oxygen atoms in total. The summed E-state index contributed by atoms with van der Waals surface area (Å²) in [7, 11) is 3.22. The Labute approximate surface area is 186 Å². The average molecular weight is 435 g/mol. The summed E-state index contributed by atoms with van der Waals surface area (Å²) in [6, 6.07) is 5.26. The van der Waals surface area contributed by atoms with Crippen LogP contribution in [0.3, 0.4) is 0 Å². The van der Waals surface area contributed by atoms with E-state index in [1.165, 1.54) is 0 Å². The number of benzene rings is 1. The highest BCUT2D eigenvalue weighted by molar-refractivity contribution is 5.98. The summed E-state index contributed by atoms with van der Waals surface area (Å²) in [5.41, 5.74) is 0.584. The quantitative estimate of drug-likeness (QED) is 0.230. The number of Topliss-reactive ketones (excluding diaryl/α,β-unsaturated/α-hetero) is 1. The molecular formula is C25H38O6. The van der Waals surface area contributed by atoms with Gasteiger partial charge in [-0.3, -0.25) is 9.59 Å². The third-order valence-electron chi connectivity index (χ3n) is 5.41. The Bertz CT molecular complexity index is 723. The van der Waals surface area contributed by atoms with Gasteiger partial charge in [0.15, 0.2) is 17.3 Å². The number of allylic oxidation sites excluding steroid dienone is 2. The van der Waals surface area contributed by atoms with Gasteiger partial charge in [0.2, 0.25) is 0 Å². The van der Waals surface area contributed by atoms with E-state index in [2.05, 4.69) is 0 Å². The predicted octanol–water partition coefficient (Wildman–Crippen LogP) is 5.26. The lowest BCUT2D eigenvalue weighted by atomic mass is 9.84. The molecule has 174 valence electrons. The molecular weight excluding hydrogens is 396 g/mol. The first-order valence-electron chi connectivity index (χ1n) is 10.9. The van der Waals surface area contributed by atoms with Crippen molar-refractivity contribution in [1.82, 2.24) is 0 Å². The van der Waals surface area contributed by atoms with Crippen molar-refractivity contribution >= 4 is 11.8 Å². The van der Waals surface area contributed by atoms with Gasteiger partial charge in [-0.05, 0) is 42.9 Å². The summed E-state index contributed by atoms with van der Waals surface area (Å²) in [6.45, 7) is 8.94. The topological polar surface area (TPSA) is 82.1 Å². The Morgan fingerprint density at radius 3 is 2.06 bits per heavy atom. The summed E-state index contributed by atoms with van der Waals surface area (Å²) in [5.74, 6) is -0.0173. The highest BCUT2D eigenvalue weighted by atomic mass is 16.5. The predicted molar refractivity (Wildman–Crippen MR) is 122 cm³/mol. The number of carbonyl (C=O) groups is 2. The molecule has 6 heteroatoms. The largest absolute Gasteiger partial charge is 0.493 e. The van der Waals surface area contributed by atoms with E-state index in [0.717, 1.165) is 6.42 Å². The van der Waals surface area contributed by atoms with Gasteiger partial charge in [-0.2, -0.15) is 0 Å². The third kappa shape index (κ3) is 8.74. The molecule has 1 unspecified atom stereocenters. The first kappa shape index (κ1) is 26.7. The number of aliphatic carboxylic acids is 1. The molecule has 0 amide bonds. The number of hydrogen-bond donors (Lipinski definition) is 1. The van der Waals surface area contributed by atoms with Crippen molar-refractivity contribution < 1.29 is 28.9 Å². The van der Waals surface area contributed by atoms with E-state index in [0.29, 0.717) is 43.1 Å². The molecule has 1 rings (SSSR count). The van der Waals surface area contributed by atoms with Crippen LogP contribution in [0.1, 0.15) is 57.3 Å². The Morgan fingerprint density at radius 1 is 0.935 bits per heavy atom. The molecule has 1 aromatic rings. The molecule has 1 aromatic carbocycles. The van der Waals surface area contributed by atoms with Crippen molar-refractivity contribution in [2.75, 3.05) is 27.4 Å². The first-order chi connectivity index (χ1) is 14.7. The van der Waals surface area contributed by atoms with E-state index >= 15 is 0 Å². The van der Waals surface area contributed by atoms with Crippen LogP contribution in [-0.2, 0) is 9.53 Å². The fourth-order valence-corrected chi connectivity index (χ4v) is 3.37. The molecule has 0 spiro atoms. The Hall–Kier alpha value is -2.34. The van der Waals surface area contributed by atoms with E-state index in [4.69, 9.17) is 14.2 Å². The Balaban J connectivity index is 2.90. The normalized spacial score (nSPS) is 13.5. The second-order valence-corrected chi connectivity index (χ2v) is 8.41. The number of hydrogen-bond acceptors (Lipinski definition) is 5. The van der Waals surface area contributed by atoms with Gasteiger partial charge in [0.25, 0.3) is 0 Å². The lowest BCUT2D eigenvalue weighted by molar-refractivity contribution is -0.143. The van der Waals surface area contributed by atoms with Crippen molar-refractivity contribution in [2.24, 2.45) is 23.7 Å². The molecule has 0 aliphatic rings. The Kier molecular flexibility index (Phi) is 11.9. The van der Waals surface area contributed by atoms with Crippen LogP contribution < -0.4 is 9.47 Å². The molecule has 0 bridgehead atoms. The molecule has 0 heterocycles. The Morgan fingerprint density at radius 2 is 1.55 bits per heavy atom. The lowest BCUT2D eigenvalue weighted by Crippen LogP contribution is -2.20. The maximum atomic E-state index is 13.2. The number of carboxylic acid groups (broad SMARTS) is 1. The third-order valence-corrected chi connectivity index (χ3v) is 5.41. The van der Waals surface area contributed by atoms with Gasteiger partial charge in [-0.1, -0.05) is 39.8 Å². The zero-order valence-corrected chi connectivity index (χ0v) is 19.7. The maximum absolute atomic E-state index is 13.2. The molecule has 2 atom stereocenters. The second kappa shape index (κ2) is 13.9. The van der Waals surface area contributed by atoms with Gasteiger partial charge in [0, 0.05) is 31.6 Å². The number of methoxy groups -OCH3 is 2. The summed E-state index contributed by atoms with van der Waals surface area (Å²) < 4.78 is 16.2. The zero-order valence-electron chi connectivity index (χ0n) is 19.7. The molecule has 0 aliphatic heterocycles. The molecule has 0 radical (unpaired) electrons. The van der Waals surface area contributed by atoms with Crippen LogP contribution in [0.4, 0.5) is 0 Å². The number of ketones is 1. The molecule has 0 aromatic heterocycles. The highest BCUT2D eigenvalue weighted by Gasteiger charge is 2.24. The van der Waals surface area contributed by atoms with E-state index in [9.17, 15) is 14.7 Å². The molecule has 1 N–H and O–H groups in total. The van der Waals surface area contributed by atoms with E-state index in [-0.39, 0.29) is 23.5 Å². The molecule has 0 saturated heterocycles. The standard InChI is InChI=1S/C25H38O6/c1-17(2)20(10-7-8-11-21(18(3)4)25(27)28)24(26)19-12-13-22(30-6)23(16-19)31-15-9-14-29-5/h7-8,12-13,16-18,20-21H,9-11,14-15H2,1-6H3,(H,27,28)/t20?,21-/m0/s1. The monoisotopic (exact) mass is 434 g/mol. The van der Waals surface area contributed by atoms with Crippen LogP contribution >= 0.6 is 0 Å². The lowest BCUT2D eigenvalue weighted by Gasteiger charge is -2.19. The summed E-state index contributed by atoms with van der Waals surface area (Å²) >= 11 is 0. The summed E-state index contributed by atoms with van der Waals surface area (Å²) in [4.78, 5) is 24.6. The SMILES string of the molecule is COCCCOc1cc(C(=O)C(CC=CC[C@H](C(=O)O)C(C)C)C(C)C)ccc1OC. The van der Waals surface area contributed by atoms with Crippen molar-refractivity contribution in [2.45, 2.75) is 47.0 Å². The minimum absolute atomic E-state index is 0.0442. The van der Waals surface area contributed by atoms with E-state index in [1.54, 1.807) is 32.4 Å². The van der Waals surface area contributed by atoms with Crippen LogP contribution in [0.2, 0.25) is 0 Å². The van der Waals surface area contributed by atoms with Crippen LogP contribution in [0, 0.1) is 23.7 Å². The maximum Gasteiger partial charge on any atom is 0.307 e. The summed E-state index contributed by atoms with van der Waals surface area (Å²) in [6.07, 6.45) is 5.60. The average Bonchev–Trinajstić information content (AvgIpc) is 2.72. The first-order valence-corrected chi connectivity index (χ1v) is 10.9. The van der Waals surface area contributed by atoms with Crippen molar-refractivity contribution in [3.8, 4) is 11.5 Å². The smallest absolute Gasteiger partial charge is 0.307 e. The molecule has 0 saturated carbocycles. The van der Waals surface area contributed by atoms with Crippen molar-refractivity contribution in [3.63, 3.8) is 0 Å². The molecule has 0 fully saturated rings. The fourth-order valence-electron chi connectivity index (χ4n) is 3.37. The van der Waals surface area contributed by atoms with Gasteiger partial charge in [-0.25, -0.2) is 0 Å². The number of ether oxygens (including phenoxy) is 3. The van der Waals surface area contributed by atoms with E-state index in [1.807, 2.05) is 39.8 Å². The summed E-state index contributed by atoms with van der Waals surface area (Å²) in [5, 5.41) is 9.32. The van der Waals surface area contributed by atoms with Gasteiger partial charge in [-0.15, -0.1) is 0 Å². The molecule has 0 aliphatic carbocycles. The van der Waals surface area contributed by atoms with Crippen molar-refractivity contribution in [3.05, 3.63) is 35.9 Å². The zero-order chi connectivity index (χ0) is 23.4.